The van der Waals surface area contributed by atoms with Crippen molar-refractivity contribution in [3.63, 3.8) is 0 Å². The molecule has 0 aliphatic heterocycles. The highest BCUT2D eigenvalue weighted by atomic mass is 32.2. The number of nitriles is 1. The summed E-state index contributed by atoms with van der Waals surface area (Å²) in [6, 6.07) is 7.43. The van der Waals surface area contributed by atoms with Crippen LogP contribution in [0.2, 0.25) is 0 Å². The van der Waals surface area contributed by atoms with E-state index in [4.69, 9.17) is 5.26 Å². The van der Waals surface area contributed by atoms with E-state index < -0.39 is 0 Å². The van der Waals surface area contributed by atoms with Gasteiger partial charge in [-0.3, -0.25) is 0 Å². The lowest BCUT2D eigenvalue weighted by molar-refractivity contribution is 0.980. The summed E-state index contributed by atoms with van der Waals surface area (Å²) < 4.78 is 0. The Bertz CT molecular complexity index is 319. The van der Waals surface area contributed by atoms with E-state index in [0.29, 0.717) is 5.69 Å². The fraction of sp³-hybridized carbons (Fsp3) is 0.400. The fourth-order valence-corrected chi connectivity index (χ4v) is 1.46. The second kappa shape index (κ2) is 6.28. The van der Waals surface area contributed by atoms with Crippen molar-refractivity contribution >= 4 is 17.6 Å². The van der Waals surface area contributed by atoms with Crippen LogP contribution in [0.1, 0.15) is 12.1 Å². The molecule has 0 radical (unpaired) electrons. The van der Waals surface area contributed by atoms with E-state index in [1.807, 2.05) is 30.0 Å². The number of thioether (sulfide) groups is 1. The molecule has 0 amide bonds. The van der Waals surface area contributed by atoms with Gasteiger partial charge >= 0.3 is 0 Å². The first-order valence-electron chi connectivity index (χ1n) is 4.47. The molecule has 0 bridgehead atoms. The molecule has 0 fully saturated rings. The van der Waals surface area contributed by atoms with Crippen LogP contribution in [0.3, 0.4) is 0 Å². The Morgan fingerprint density at radius 1 is 1.57 bits per heavy atom. The summed E-state index contributed by atoms with van der Waals surface area (Å²) in [5.74, 6) is 1.93. The van der Waals surface area contributed by atoms with Gasteiger partial charge in [-0.25, -0.2) is 4.98 Å². The summed E-state index contributed by atoms with van der Waals surface area (Å²) in [5.41, 5.74) is 0.458. The smallest absolute Gasteiger partial charge is 0.142 e. The normalized spacial score (nSPS) is 9.43. The summed E-state index contributed by atoms with van der Waals surface area (Å²) in [4.78, 5) is 4.11. The second-order valence-corrected chi connectivity index (χ2v) is 3.78. The molecule has 0 aliphatic carbocycles. The molecular weight excluding hydrogens is 194 g/mol. The molecule has 1 aromatic rings. The number of nitrogens with one attached hydrogen (secondary N) is 1. The van der Waals surface area contributed by atoms with E-state index in [-0.39, 0.29) is 0 Å². The van der Waals surface area contributed by atoms with Gasteiger partial charge in [0, 0.05) is 6.54 Å². The van der Waals surface area contributed by atoms with Gasteiger partial charge in [-0.05, 0) is 30.6 Å². The molecule has 74 valence electrons. The van der Waals surface area contributed by atoms with E-state index in [1.54, 1.807) is 6.07 Å². The quantitative estimate of drug-likeness (QED) is 0.751. The molecule has 0 aliphatic rings. The zero-order valence-corrected chi connectivity index (χ0v) is 8.97. The van der Waals surface area contributed by atoms with Crippen molar-refractivity contribution in [2.75, 3.05) is 23.9 Å². The van der Waals surface area contributed by atoms with Gasteiger partial charge in [0.1, 0.15) is 17.6 Å². The Labute approximate surface area is 88.5 Å². The third-order valence-corrected chi connectivity index (χ3v) is 2.39. The van der Waals surface area contributed by atoms with Gasteiger partial charge in [0.25, 0.3) is 0 Å². The van der Waals surface area contributed by atoms with E-state index >= 15 is 0 Å². The second-order valence-electron chi connectivity index (χ2n) is 2.79. The Hall–Kier alpha value is -1.21. The lowest BCUT2D eigenvalue weighted by Gasteiger charge is -2.04. The molecule has 0 spiro atoms. The monoisotopic (exact) mass is 207 g/mol. The highest BCUT2D eigenvalue weighted by Crippen LogP contribution is 2.04. The molecule has 4 heteroatoms. The van der Waals surface area contributed by atoms with Crippen LogP contribution in [0.15, 0.2) is 18.2 Å². The van der Waals surface area contributed by atoms with Crippen molar-refractivity contribution in [3.8, 4) is 6.07 Å². The van der Waals surface area contributed by atoms with Crippen LogP contribution < -0.4 is 5.32 Å². The Kier molecular flexibility index (Phi) is 4.87. The molecule has 0 unspecified atom stereocenters. The maximum absolute atomic E-state index is 8.63. The molecule has 1 heterocycles. The van der Waals surface area contributed by atoms with Crippen LogP contribution in [0.25, 0.3) is 0 Å². The van der Waals surface area contributed by atoms with Crippen molar-refractivity contribution in [2.24, 2.45) is 0 Å². The number of hydrogen-bond acceptors (Lipinski definition) is 4. The van der Waals surface area contributed by atoms with Crippen LogP contribution in [0, 0.1) is 11.3 Å². The van der Waals surface area contributed by atoms with Crippen LogP contribution in [0.5, 0.6) is 0 Å². The third-order valence-electron chi connectivity index (χ3n) is 1.69. The summed E-state index contributed by atoms with van der Waals surface area (Å²) in [7, 11) is 0. The maximum atomic E-state index is 8.63. The minimum absolute atomic E-state index is 0.458. The average molecular weight is 207 g/mol. The van der Waals surface area contributed by atoms with Gasteiger partial charge in [-0.15, -0.1) is 0 Å². The first-order valence-corrected chi connectivity index (χ1v) is 5.86. The van der Waals surface area contributed by atoms with Crippen molar-refractivity contribution in [1.29, 1.82) is 5.26 Å². The highest BCUT2D eigenvalue weighted by Gasteiger charge is 1.94. The topological polar surface area (TPSA) is 48.7 Å². The van der Waals surface area contributed by atoms with Crippen LogP contribution in [0.4, 0.5) is 5.82 Å². The first-order chi connectivity index (χ1) is 6.86. The lowest BCUT2D eigenvalue weighted by Crippen LogP contribution is -2.04. The van der Waals surface area contributed by atoms with Gasteiger partial charge in [0.2, 0.25) is 0 Å². The SMILES string of the molecule is CSCCCNc1cccc(C#N)n1. The molecule has 1 N–H and O–H groups in total. The summed E-state index contributed by atoms with van der Waals surface area (Å²) in [5, 5.41) is 11.8. The van der Waals surface area contributed by atoms with Crippen LogP contribution in [-0.2, 0) is 0 Å². The lowest BCUT2D eigenvalue weighted by atomic mass is 10.3. The average Bonchev–Trinajstić information content (AvgIpc) is 2.25. The van der Waals surface area contributed by atoms with Gasteiger partial charge in [0.05, 0.1) is 0 Å². The van der Waals surface area contributed by atoms with Gasteiger partial charge in [0.15, 0.2) is 0 Å². The standard InChI is InChI=1S/C10H13N3S/c1-14-7-3-6-12-10-5-2-4-9(8-11)13-10/h2,4-5H,3,6-7H2,1H3,(H,12,13). The number of aromatic nitrogens is 1. The summed E-state index contributed by atoms with van der Waals surface area (Å²) in [6.07, 6.45) is 3.20. The van der Waals surface area contributed by atoms with Crippen LogP contribution in [-0.4, -0.2) is 23.5 Å². The summed E-state index contributed by atoms with van der Waals surface area (Å²) >= 11 is 1.83. The zero-order chi connectivity index (χ0) is 10.2. The largest absolute Gasteiger partial charge is 0.370 e. The van der Waals surface area contributed by atoms with E-state index in [1.165, 1.54) is 0 Å². The minimum Gasteiger partial charge on any atom is -0.370 e. The van der Waals surface area contributed by atoms with Crippen molar-refractivity contribution in [1.82, 2.24) is 4.98 Å². The molecule has 0 atom stereocenters. The fourth-order valence-electron chi connectivity index (χ4n) is 1.03. The van der Waals surface area contributed by atoms with Crippen molar-refractivity contribution < 1.29 is 0 Å². The Morgan fingerprint density at radius 2 is 2.43 bits per heavy atom. The molecule has 1 aromatic heterocycles. The molecular formula is C10H13N3S. The molecule has 14 heavy (non-hydrogen) atoms. The minimum atomic E-state index is 0.458. The van der Waals surface area contributed by atoms with E-state index in [9.17, 15) is 0 Å². The zero-order valence-electron chi connectivity index (χ0n) is 8.16. The predicted octanol–water partition coefficient (Wildman–Crippen LogP) is 2.12. The van der Waals surface area contributed by atoms with Crippen molar-refractivity contribution in [2.45, 2.75) is 6.42 Å². The third kappa shape index (κ3) is 3.67. The molecule has 3 nitrogen and oxygen atoms in total. The molecule has 1 rings (SSSR count). The van der Waals surface area contributed by atoms with Crippen LogP contribution >= 0.6 is 11.8 Å². The summed E-state index contributed by atoms with van der Waals surface area (Å²) in [6.45, 7) is 0.905. The predicted molar refractivity (Wildman–Crippen MR) is 60.4 cm³/mol. The molecule has 0 saturated carbocycles. The van der Waals surface area contributed by atoms with Gasteiger partial charge in [-0.2, -0.15) is 17.0 Å². The number of rotatable bonds is 5. The van der Waals surface area contributed by atoms with Gasteiger partial charge in [-0.1, -0.05) is 6.07 Å². The molecule has 0 saturated heterocycles. The number of anilines is 1. The number of hydrogen-bond donors (Lipinski definition) is 1. The first kappa shape index (κ1) is 10.9. The van der Waals surface area contributed by atoms with Gasteiger partial charge < -0.3 is 5.32 Å². The molecule has 0 aromatic carbocycles. The Morgan fingerprint density at radius 3 is 3.14 bits per heavy atom. The number of nitrogens with zero attached hydrogens (tertiary/aromatic N) is 2. The van der Waals surface area contributed by atoms with E-state index in [2.05, 4.69) is 16.6 Å². The Balaban J connectivity index is 2.39. The van der Waals surface area contributed by atoms with Crippen molar-refractivity contribution in [3.05, 3.63) is 23.9 Å². The maximum Gasteiger partial charge on any atom is 0.142 e. The van der Waals surface area contributed by atoms with E-state index in [0.717, 1.165) is 24.5 Å². The highest BCUT2D eigenvalue weighted by molar-refractivity contribution is 7.98. The number of pyridine rings is 1.